The highest BCUT2D eigenvalue weighted by Gasteiger charge is 2.25. The van der Waals surface area contributed by atoms with Gasteiger partial charge in [0.15, 0.2) is 46.1 Å². The Labute approximate surface area is 601 Å². The molecule has 14 aromatic carbocycles. The van der Waals surface area contributed by atoms with Crippen molar-refractivity contribution in [3.8, 4) is 113 Å². The first-order valence-corrected chi connectivity index (χ1v) is 34.8. The minimum absolute atomic E-state index is 0.504. The maximum atomic E-state index is 6.57. The summed E-state index contributed by atoms with van der Waals surface area (Å²) in [5.41, 5.74) is 20.1. The summed E-state index contributed by atoms with van der Waals surface area (Å²) < 4.78 is 38.2. The van der Waals surface area contributed by atoms with Crippen molar-refractivity contribution >= 4 is 110 Å². The highest BCUT2D eigenvalue weighted by molar-refractivity contribution is 6.17. The van der Waals surface area contributed by atoms with Gasteiger partial charge in [0.05, 0.1) is 11.1 Å². The van der Waals surface area contributed by atoms with E-state index in [1.54, 1.807) is 0 Å². The lowest BCUT2D eigenvalue weighted by molar-refractivity contribution is 0.614. The largest absolute Gasteiger partial charge is 0.455 e. The number of hydrogen-bond donors (Lipinski definition) is 0. The fourth-order valence-electron chi connectivity index (χ4n) is 14.6. The van der Waals surface area contributed by atoms with Crippen LogP contribution in [0.2, 0.25) is 0 Å². The Morgan fingerprint density at radius 2 is 0.481 bits per heavy atom. The zero-order chi connectivity index (χ0) is 69.8. The molecule has 0 bridgehead atoms. The number of hydrogen-bond acceptors (Lipinski definition) is 14. The van der Waals surface area contributed by atoms with E-state index in [0.717, 1.165) is 154 Å². The van der Waals surface area contributed by atoms with Crippen molar-refractivity contribution in [2.24, 2.45) is 0 Å². The number of nitrogens with zero attached hydrogens (tertiary/aromatic N) is 8. The third-order valence-electron chi connectivity index (χ3n) is 19.6. The van der Waals surface area contributed by atoms with Crippen LogP contribution in [0.3, 0.4) is 0 Å². The van der Waals surface area contributed by atoms with E-state index in [9.17, 15) is 0 Å². The first kappa shape index (κ1) is 60.0. The molecule has 8 aromatic heterocycles. The monoisotopic (exact) mass is 1360 g/mol. The number of aromatic nitrogens is 8. The lowest BCUT2D eigenvalue weighted by atomic mass is 10.00. The van der Waals surface area contributed by atoms with Gasteiger partial charge in [0.2, 0.25) is 11.8 Å². The molecule has 0 aliphatic heterocycles. The Kier molecular flexibility index (Phi) is 13.9. The molecule has 14 heteroatoms. The second-order valence-corrected chi connectivity index (χ2v) is 26.0. The van der Waals surface area contributed by atoms with E-state index in [-0.39, 0.29) is 0 Å². The zero-order valence-electron chi connectivity index (χ0n) is 56.0. The van der Waals surface area contributed by atoms with Gasteiger partial charge in [0, 0.05) is 87.6 Å². The van der Waals surface area contributed by atoms with Gasteiger partial charge in [-0.2, -0.15) is 0 Å². The summed E-state index contributed by atoms with van der Waals surface area (Å²) in [5, 5.41) is 8.03. The maximum Gasteiger partial charge on any atom is 0.231 e. The first-order valence-electron chi connectivity index (χ1n) is 34.8. The summed E-state index contributed by atoms with van der Waals surface area (Å²) >= 11 is 0. The van der Waals surface area contributed by atoms with Gasteiger partial charge in [-0.15, -0.1) is 0 Å². The van der Waals surface area contributed by atoms with Crippen LogP contribution in [0.4, 0.5) is 0 Å². The Balaban J connectivity index is 0.000000136. The van der Waals surface area contributed by atoms with Gasteiger partial charge in [-0.1, -0.05) is 249 Å². The van der Waals surface area contributed by atoms with Gasteiger partial charge in [-0.25, -0.2) is 39.9 Å². The predicted octanol–water partition coefficient (Wildman–Crippen LogP) is 24.3. The Hall–Kier alpha value is -14.8. The van der Waals surface area contributed by atoms with E-state index in [1.165, 1.54) is 0 Å². The van der Waals surface area contributed by atoms with E-state index in [2.05, 4.69) is 97.1 Å². The van der Waals surface area contributed by atoms with Gasteiger partial charge in [0.25, 0.3) is 0 Å². The topological polar surface area (TPSA) is 182 Å². The van der Waals surface area contributed by atoms with Gasteiger partial charge < -0.3 is 26.5 Å². The van der Waals surface area contributed by atoms with Gasteiger partial charge in [-0.05, 0) is 77.9 Å². The second-order valence-electron chi connectivity index (χ2n) is 26.0. The van der Waals surface area contributed by atoms with Gasteiger partial charge in [0.1, 0.15) is 55.7 Å². The molecule has 0 amide bonds. The van der Waals surface area contributed by atoms with E-state index in [4.69, 9.17) is 66.4 Å². The van der Waals surface area contributed by atoms with Crippen molar-refractivity contribution < 1.29 is 26.5 Å². The average molecular weight is 1370 g/mol. The van der Waals surface area contributed by atoms with Crippen LogP contribution in [0.15, 0.2) is 342 Å². The molecule has 0 atom stereocenters. The number of para-hydroxylation sites is 10. The van der Waals surface area contributed by atoms with Crippen molar-refractivity contribution in [1.29, 1.82) is 0 Å². The number of rotatable bonds is 10. The molecule has 0 saturated carbocycles. The minimum Gasteiger partial charge on any atom is -0.455 e. The molecule has 0 spiro atoms. The smallest absolute Gasteiger partial charge is 0.231 e. The van der Waals surface area contributed by atoms with Crippen LogP contribution in [0.25, 0.3) is 223 Å². The van der Waals surface area contributed by atoms with Crippen LogP contribution < -0.4 is 0 Å². The van der Waals surface area contributed by atoms with Crippen LogP contribution in [0.1, 0.15) is 0 Å². The third-order valence-corrected chi connectivity index (χ3v) is 19.6. The molecule has 8 heterocycles. The first-order chi connectivity index (χ1) is 52.5. The fraction of sp³-hybridized carbons (Fsp3) is 0. The number of benzene rings is 14. The number of furan rings is 4. The average Bonchev–Trinajstić information content (AvgIpc) is 1.53. The molecule has 0 saturated heterocycles. The SMILES string of the molecule is c1ccc(-c2nc(-c3ccc(-c4cccc5c4oc4ccccc45)cc3)nc(-c3cccc4oc5c(-c6nc7ccccc7o6)cccc5c34)n2)cc1.c1ccc(-c2nc(-c3cccc(-c4cccc5c4oc4ccccc45)c3)nc(-c3cccc4oc5c(-c6nc7ccccc7o6)cccc5c34)n2)cc1. The summed E-state index contributed by atoms with van der Waals surface area (Å²) in [6.45, 7) is 0. The molecule has 0 fully saturated rings. The Morgan fingerprint density at radius 3 is 0.972 bits per heavy atom. The lowest BCUT2D eigenvalue weighted by Gasteiger charge is -2.10. The predicted molar refractivity (Wildman–Crippen MR) is 418 cm³/mol. The molecular weight excluding hydrogens is 1310 g/mol. The summed E-state index contributed by atoms with van der Waals surface area (Å²) in [4.78, 5) is 40.0. The van der Waals surface area contributed by atoms with Crippen LogP contribution in [0.5, 0.6) is 0 Å². The van der Waals surface area contributed by atoms with Crippen molar-refractivity contribution in [1.82, 2.24) is 39.9 Å². The fourth-order valence-corrected chi connectivity index (χ4v) is 14.6. The van der Waals surface area contributed by atoms with Crippen LogP contribution in [0, 0.1) is 0 Å². The van der Waals surface area contributed by atoms with Crippen molar-refractivity contribution in [3.63, 3.8) is 0 Å². The number of oxazole rings is 2. The van der Waals surface area contributed by atoms with Crippen molar-refractivity contribution in [2.75, 3.05) is 0 Å². The minimum atomic E-state index is 0.504. The highest BCUT2D eigenvalue weighted by Crippen LogP contribution is 2.45. The molecule has 0 unspecified atom stereocenters. The summed E-state index contributed by atoms with van der Waals surface area (Å²) in [6, 6.07) is 105. The number of fused-ring (bicyclic) bond motifs is 14. The van der Waals surface area contributed by atoms with E-state index >= 15 is 0 Å². The lowest BCUT2D eigenvalue weighted by Crippen LogP contribution is -2.00. The Bertz CT molecular complexity index is 7170. The quantitative estimate of drug-likeness (QED) is 0.126. The van der Waals surface area contributed by atoms with Gasteiger partial charge in [-0.3, -0.25) is 0 Å². The molecule has 14 nitrogen and oxygen atoms in total. The second kappa shape index (κ2) is 24.5. The molecular formula is C92H52N8O6. The molecule has 106 heavy (non-hydrogen) atoms. The zero-order valence-corrected chi connectivity index (χ0v) is 56.0. The normalized spacial score (nSPS) is 11.8. The molecule has 0 radical (unpaired) electrons. The Morgan fingerprint density at radius 1 is 0.170 bits per heavy atom. The van der Waals surface area contributed by atoms with E-state index in [0.29, 0.717) is 69.1 Å². The maximum absolute atomic E-state index is 6.57. The van der Waals surface area contributed by atoms with E-state index < -0.39 is 0 Å². The third kappa shape index (κ3) is 10.2. The van der Waals surface area contributed by atoms with E-state index in [1.807, 2.05) is 218 Å². The summed E-state index contributed by atoms with van der Waals surface area (Å²) in [5.74, 6) is 4.38. The molecule has 22 rings (SSSR count). The summed E-state index contributed by atoms with van der Waals surface area (Å²) in [7, 11) is 0. The van der Waals surface area contributed by atoms with Crippen molar-refractivity contribution in [2.45, 2.75) is 0 Å². The van der Waals surface area contributed by atoms with Crippen molar-refractivity contribution in [3.05, 3.63) is 315 Å². The highest BCUT2D eigenvalue weighted by atomic mass is 16.4. The standard InChI is InChI=1S/2C46H26N4O3/c1-2-12-27(13-3-1)43-48-44(29-15-8-14-28(26-29)30-17-9-18-32-31-16-4-6-23-37(31)51-41(30)32)50-45(49-43)34-20-11-25-39-40(34)33-19-10-21-35(42(33)52-39)46-47-36-22-5-7-24-38(36)53-46;1-2-11-28(12-3-1)43-48-44(29-25-23-27(24-26-29)30-14-8-15-32-31-13-4-6-20-37(31)51-41(30)32)50-45(49-43)34-17-10-22-39-40(34)33-16-9-18-35(42(33)52-39)46-47-36-19-5-7-21-38(36)53-46/h2*1-26H. The molecule has 0 aliphatic carbocycles. The molecule has 496 valence electrons. The van der Waals surface area contributed by atoms with Gasteiger partial charge >= 0.3 is 0 Å². The van der Waals surface area contributed by atoms with Crippen LogP contribution in [-0.4, -0.2) is 39.9 Å². The molecule has 0 N–H and O–H groups in total. The van der Waals surface area contributed by atoms with Crippen LogP contribution >= 0.6 is 0 Å². The molecule has 22 aromatic rings. The van der Waals surface area contributed by atoms with Crippen LogP contribution in [-0.2, 0) is 0 Å². The molecule has 0 aliphatic rings. The summed E-state index contributed by atoms with van der Waals surface area (Å²) in [6.07, 6.45) is 0.